The van der Waals surface area contributed by atoms with E-state index in [0.29, 0.717) is 47.8 Å². The molecule has 0 radical (unpaired) electrons. The smallest absolute Gasteiger partial charge is 0.318 e. The van der Waals surface area contributed by atoms with Crippen molar-refractivity contribution < 1.29 is 9.13 Å². The maximum Gasteiger partial charge on any atom is 0.318 e. The SMILES string of the molecule is CCOc1ncc2nc(-c3cncc(F)c3)n(Cc3ccc(CN4CCN5CCC4C5)cc3)c2n1. The summed E-state index contributed by atoms with van der Waals surface area (Å²) in [4.78, 5) is 22.7. The van der Waals surface area contributed by atoms with Gasteiger partial charge in [-0.3, -0.25) is 9.88 Å². The number of nitrogens with zero attached hydrogens (tertiary/aromatic N) is 7. The van der Waals surface area contributed by atoms with Crippen LogP contribution >= 0.6 is 0 Å². The predicted molar refractivity (Wildman–Crippen MR) is 130 cm³/mol. The lowest BCUT2D eigenvalue weighted by molar-refractivity contribution is 0.128. The summed E-state index contributed by atoms with van der Waals surface area (Å²) in [6.45, 7) is 8.63. The van der Waals surface area contributed by atoms with Crippen LogP contribution in [0.4, 0.5) is 4.39 Å². The van der Waals surface area contributed by atoms with Crippen LogP contribution in [0.3, 0.4) is 0 Å². The lowest BCUT2D eigenvalue weighted by atomic mass is 10.1. The first-order chi connectivity index (χ1) is 17.2. The van der Waals surface area contributed by atoms with Crippen LogP contribution in [-0.2, 0) is 13.1 Å². The number of imidazole rings is 1. The molecule has 1 aromatic carbocycles. The summed E-state index contributed by atoms with van der Waals surface area (Å²) in [5, 5.41) is 0. The third-order valence-corrected chi connectivity index (χ3v) is 6.92. The zero-order chi connectivity index (χ0) is 23.8. The van der Waals surface area contributed by atoms with E-state index in [2.05, 4.69) is 49.0 Å². The summed E-state index contributed by atoms with van der Waals surface area (Å²) < 4.78 is 21.5. The number of ether oxygens (including phenoxy) is 1. The molecular formula is C26H28FN7O. The Morgan fingerprint density at radius 2 is 1.83 bits per heavy atom. The highest BCUT2D eigenvalue weighted by molar-refractivity contribution is 5.76. The average Bonchev–Trinajstić information content (AvgIpc) is 3.43. The van der Waals surface area contributed by atoms with Gasteiger partial charge >= 0.3 is 6.01 Å². The van der Waals surface area contributed by atoms with E-state index in [-0.39, 0.29) is 0 Å². The molecule has 2 aliphatic rings. The molecular weight excluding hydrogens is 445 g/mol. The molecule has 35 heavy (non-hydrogen) atoms. The van der Waals surface area contributed by atoms with E-state index in [1.54, 1.807) is 12.4 Å². The lowest BCUT2D eigenvalue weighted by Gasteiger charge is -2.34. The summed E-state index contributed by atoms with van der Waals surface area (Å²) in [6.07, 6.45) is 5.72. The van der Waals surface area contributed by atoms with Gasteiger partial charge in [-0.2, -0.15) is 4.98 Å². The van der Waals surface area contributed by atoms with Crippen LogP contribution in [0.15, 0.2) is 48.9 Å². The van der Waals surface area contributed by atoms with E-state index >= 15 is 0 Å². The minimum atomic E-state index is -0.408. The summed E-state index contributed by atoms with van der Waals surface area (Å²) >= 11 is 0. The van der Waals surface area contributed by atoms with Gasteiger partial charge in [0.05, 0.1) is 25.5 Å². The largest absolute Gasteiger partial charge is 0.464 e. The van der Waals surface area contributed by atoms with Crippen LogP contribution in [0.5, 0.6) is 6.01 Å². The highest BCUT2D eigenvalue weighted by Crippen LogP contribution is 2.26. The molecule has 0 spiro atoms. The topological polar surface area (TPSA) is 72.2 Å². The maximum atomic E-state index is 14.0. The number of halogens is 1. The van der Waals surface area contributed by atoms with Crippen LogP contribution in [0, 0.1) is 5.82 Å². The molecule has 0 saturated carbocycles. The van der Waals surface area contributed by atoms with Crippen LogP contribution in [-0.4, -0.2) is 73.1 Å². The molecule has 180 valence electrons. The molecule has 4 aromatic rings. The number of hydrogen-bond acceptors (Lipinski definition) is 7. The first-order valence-corrected chi connectivity index (χ1v) is 12.2. The molecule has 2 unspecified atom stereocenters. The van der Waals surface area contributed by atoms with Gasteiger partial charge in [0.2, 0.25) is 0 Å². The van der Waals surface area contributed by atoms with E-state index < -0.39 is 5.82 Å². The fraction of sp³-hybridized carbons (Fsp3) is 0.385. The Kier molecular flexibility index (Phi) is 5.87. The molecule has 2 bridgehead atoms. The molecule has 2 aliphatic heterocycles. The average molecular weight is 474 g/mol. The van der Waals surface area contributed by atoms with Crippen LogP contribution in [0.2, 0.25) is 0 Å². The Morgan fingerprint density at radius 3 is 2.63 bits per heavy atom. The second kappa shape index (κ2) is 9.31. The molecule has 5 heterocycles. The van der Waals surface area contributed by atoms with Gasteiger partial charge in [0.1, 0.15) is 17.2 Å². The minimum Gasteiger partial charge on any atom is -0.464 e. The van der Waals surface area contributed by atoms with Crippen LogP contribution in [0.1, 0.15) is 24.5 Å². The highest BCUT2D eigenvalue weighted by atomic mass is 19.1. The molecule has 0 amide bonds. The fourth-order valence-corrected chi connectivity index (χ4v) is 5.15. The Balaban J connectivity index is 1.30. The second-order valence-electron chi connectivity index (χ2n) is 9.24. The minimum absolute atomic E-state index is 0.299. The van der Waals surface area contributed by atoms with Crippen molar-refractivity contribution in [3.63, 3.8) is 0 Å². The third-order valence-electron chi connectivity index (χ3n) is 6.92. The van der Waals surface area contributed by atoms with Gasteiger partial charge in [-0.25, -0.2) is 14.4 Å². The summed E-state index contributed by atoms with van der Waals surface area (Å²) in [5.41, 5.74) is 4.29. The van der Waals surface area contributed by atoms with Crippen molar-refractivity contribution in [2.75, 3.05) is 32.8 Å². The van der Waals surface area contributed by atoms with E-state index in [9.17, 15) is 4.39 Å². The molecule has 3 aromatic heterocycles. The fourth-order valence-electron chi connectivity index (χ4n) is 5.15. The first kappa shape index (κ1) is 22.1. The highest BCUT2D eigenvalue weighted by Gasteiger charge is 2.32. The molecule has 0 N–H and O–H groups in total. The number of benzene rings is 1. The molecule has 0 aliphatic carbocycles. The van der Waals surface area contributed by atoms with E-state index in [1.807, 2.05) is 11.5 Å². The Bertz CT molecular complexity index is 1340. The van der Waals surface area contributed by atoms with Gasteiger partial charge in [0, 0.05) is 44.0 Å². The third kappa shape index (κ3) is 4.49. The maximum absolute atomic E-state index is 14.0. The van der Waals surface area contributed by atoms with Crippen molar-refractivity contribution in [1.82, 2.24) is 34.3 Å². The monoisotopic (exact) mass is 473 g/mol. The zero-order valence-electron chi connectivity index (χ0n) is 19.8. The summed E-state index contributed by atoms with van der Waals surface area (Å²) in [5.74, 6) is 0.188. The molecule has 2 atom stereocenters. The van der Waals surface area contributed by atoms with Crippen molar-refractivity contribution in [2.45, 2.75) is 32.5 Å². The number of aromatic nitrogens is 5. The molecule has 2 saturated heterocycles. The number of hydrogen-bond donors (Lipinski definition) is 0. The Hall–Kier alpha value is -3.43. The van der Waals surface area contributed by atoms with Crippen molar-refractivity contribution in [2.24, 2.45) is 0 Å². The predicted octanol–water partition coefficient (Wildman–Crippen LogP) is 3.36. The van der Waals surface area contributed by atoms with E-state index in [0.717, 1.165) is 18.7 Å². The Labute approximate surface area is 203 Å². The van der Waals surface area contributed by atoms with Crippen LogP contribution < -0.4 is 4.74 Å². The standard InChI is InChI=1S/C26H28FN7O/c1-2-35-26-29-14-23-25(31-26)34(24(30-23)20-11-21(27)13-28-12-20)16-19-5-3-18(4-6-19)15-33-10-9-32-8-7-22(33)17-32/h3-6,11-14,22H,2,7-10,15-17H2,1H3. The first-order valence-electron chi connectivity index (χ1n) is 12.2. The second-order valence-corrected chi connectivity index (χ2v) is 9.24. The number of piperazine rings is 1. The van der Waals surface area contributed by atoms with Gasteiger partial charge < -0.3 is 14.2 Å². The number of pyridine rings is 1. The number of fused-ring (bicyclic) bond motifs is 3. The van der Waals surface area contributed by atoms with Gasteiger partial charge in [0.25, 0.3) is 0 Å². The molecule has 6 rings (SSSR count). The van der Waals surface area contributed by atoms with Gasteiger partial charge in [-0.15, -0.1) is 0 Å². The number of rotatable bonds is 7. The van der Waals surface area contributed by atoms with E-state index in [1.165, 1.54) is 43.9 Å². The van der Waals surface area contributed by atoms with E-state index in [4.69, 9.17) is 9.72 Å². The van der Waals surface area contributed by atoms with Crippen molar-refractivity contribution in [3.05, 3.63) is 65.9 Å². The quantitative estimate of drug-likeness (QED) is 0.408. The summed E-state index contributed by atoms with van der Waals surface area (Å²) in [7, 11) is 0. The van der Waals surface area contributed by atoms with Crippen LogP contribution in [0.25, 0.3) is 22.6 Å². The lowest BCUT2D eigenvalue weighted by Crippen LogP contribution is -2.46. The summed E-state index contributed by atoms with van der Waals surface area (Å²) in [6, 6.07) is 11.1. The zero-order valence-corrected chi connectivity index (χ0v) is 19.8. The van der Waals surface area contributed by atoms with Gasteiger partial charge in [0.15, 0.2) is 5.65 Å². The Morgan fingerprint density at radius 1 is 1.00 bits per heavy atom. The van der Waals surface area contributed by atoms with Gasteiger partial charge in [-0.05, 0) is 37.1 Å². The molecule has 9 heteroatoms. The van der Waals surface area contributed by atoms with Crippen molar-refractivity contribution in [3.8, 4) is 17.4 Å². The normalized spacial score (nSPS) is 19.9. The molecule has 8 nitrogen and oxygen atoms in total. The van der Waals surface area contributed by atoms with Crippen molar-refractivity contribution in [1.29, 1.82) is 0 Å². The molecule has 2 fully saturated rings. The van der Waals surface area contributed by atoms with Gasteiger partial charge in [-0.1, -0.05) is 24.3 Å². The van der Waals surface area contributed by atoms with Crippen molar-refractivity contribution >= 4 is 11.2 Å².